The van der Waals surface area contributed by atoms with Crippen molar-refractivity contribution >= 4 is 5.78 Å². The van der Waals surface area contributed by atoms with Crippen LogP contribution in [0.1, 0.15) is 17.3 Å². The Labute approximate surface area is 116 Å². The molecular formula is C14H15NO5. The highest BCUT2D eigenvalue weighted by Gasteiger charge is 2.20. The molecule has 0 aliphatic heterocycles. The van der Waals surface area contributed by atoms with E-state index >= 15 is 0 Å². The molecule has 1 aromatic rings. The maximum atomic E-state index is 12.2. The Morgan fingerprint density at radius 1 is 1.15 bits per heavy atom. The lowest BCUT2D eigenvalue weighted by Gasteiger charge is -2.13. The van der Waals surface area contributed by atoms with Crippen LogP contribution < -0.4 is 14.2 Å². The van der Waals surface area contributed by atoms with Gasteiger partial charge in [0, 0.05) is 5.56 Å². The Morgan fingerprint density at radius 3 is 1.95 bits per heavy atom. The number of ether oxygens (including phenoxy) is 3. The molecule has 20 heavy (non-hydrogen) atoms. The number of ketones is 1. The number of hydrogen-bond donors (Lipinski definition) is 1. The van der Waals surface area contributed by atoms with Crippen molar-refractivity contribution in [2.45, 2.75) is 6.92 Å². The summed E-state index contributed by atoms with van der Waals surface area (Å²) < 4.78 is 15.4. The highest BCUT2D eigenvalue weighted by molar-refractivity contribution is 6.12. The zero-order chi connectivity index (χ0) is 15.3. The van der Waals surface area contributed by atoms with Crippen LogP contribution in [-0.2, 0) is 0 Å². The Hall–Kier alpha value is -2.68. The standard InChI is InChI=1S/C14H15NO5/c1-8(16)10(7-15)13(17)9-5-11(18-2)14(20-4)12(6-9)19-3/h5-6,16H,1-4H3. The number of allylic oxidation sites excluding steroid dienone is 2. The number of rotatable bonds is 5. The van der Waals surface area contributed by atoms with Crippen LogP contribution in [0.5, 0.6) is 17.2 Å². The Morgan fingerprint density at radius 2 is 1.65 bits per heavy atom. The fourth-order valence-corrected chi connectivity index (χ4v) is 1.65. The molecule has 0 atom stereocenters. The van der Waals surface area contributed by atoms with E-state index in [0.29, 0.717) is 17.2 Å². The van der Waals surface area contributed by atoms with Gasteiger partial charge in [-0.15, -0.1) is 0 Å². The first-order chi connectivity index (χ1) is 9.49. The summed E-state index contributed by atoms with van der Waals surface area (Å²) in [5.74, 6) is -0.0288. The third-order valence-corrected chi connectivity index (χ3v) is 2.63. The van der Waals surface area contributed by atoms with E-state index in [4.69, 9.17) is 19.5 Å². The van der Waals surface area contributed by atoms with Gasteiger partial charge in [-0.05, 0) is 19.1 Å². The number of nitriles is 1. The van der Waals surface area contributed by atoms with Gasteiger partial charge in [0.1, 0.15) is 17.4 Å². The average Bonchev–Trinajstić information content (AvgIpc) is 2.45. The van der Waals surface area contributed by atoms with Gasteiger partial charge in [0.25, 0.3) is 0 Å². The number of methoxy groups -OCH3 is 3. The third kappa shape index (κ3) is 2.83. The molecule has 1 rings (SSSR count). The Kier molecular flexibility index (Phi) is 4.98. The molecule has 106 valence electrons. The largest absolute Gasteiger partial charge is 0.511 e. The van der Waals surface area contributed by atoms with Gasteiger partial charge in [-0.25, -0.2) is 0 Å². The number of benzene rings is 1. The number of carbonyl (C=O) groups excluding carboxylic acids is 1. The zero-order valence-electron chi connectivity index (χ0n) is 11.7. The number of aliphatic hydroxyl groups excluding tert-OH is 1. The SMILES string of the molecule is COc1cc(C(=O)C(C#N)=C(C)O)cc(OC)c1OC. The first kappa shape index (κ1) is 15.4. The van der Waals surface area contributed by atoms with Crippen LogP contribution in [0.3, 0.4) is 0 Å². The van der Waals surface area contributed by atoms with E-state index in [0.717, 1.165) is 0 Å². The number of aliphatic hydroxyl groups is 1. The number of hydrogen-bond acceptors (Lipinski definition) is 6. The van der Waals surface area contributed by atoms with E-state index in [9.17, 15) is 9.90 Å². The van der Waals surface area contributed by atoms with Gasteiger partial charge in [-0.2, -0.15) is 5.26 Å². The minimum absolute atomic E-state index is 0.157. The van der Waals surface area contributed by atoms with Crippen molar-refractivity contribution in [1.29, 1.82) is 5.26 Å². The molecule has 0 aliphatic rings. The fourth-order valence-electron chi connectivity index (χ4n) is 1.65. The molecule has 0 aliphatic carbocycles. The van der Waals surface area contributed by atoms with Gasteiger partial charge in [0.2, 0.25) is 11.5 Å². The van der Waals surface area contributed by atoms with Crippen molar-refractivity contribution in [2.24, 2.45) is 0 Å². The molecule has 0 saturated carbocycles. The van der Waals surface area contributed by atoms with Gasteiger partial charge in [-0.3, -0.25) is 4.79 Å². The van der Waals surface area contributed by atoms with Gasteiger partial charge in [0.15, 0.2) is 11.5 Å². The van der Waals surface area contributed by atoms with Crippen LogP contribution in [0.2, 0.25) is 0 Å². The molecule has 6 heteroatoms. The van der Waals surface area contributed by atoms with Gasteiger partial charge >= 0.3 is 0 Å². The van der Waals surface area contributed by atoms with Crippen molar-refractivity contribution in [3.05, 3.63) is 29.0 Å². The summed E-state index contributed by atoms with van der Waals surface area (Å²) in [5, 5.41) is 18.3. The molecule has 1 N–H and O–H groups in total. The summed E-state index contributed by atoms with van der Waals surface area (Å²) in [6.45, 7) is 1.27. The zero-order valence-corrected chi connectivity index (χ0v) is 11.7. The molecular weight excluding hydrogens is 262 g/mol. The molecule has 0 saturated heterocycles. The highest BCUT2D eigenvalue weighted by atomic mass is 16.5. The molecule has 0 spiro atoms. The van der Waals surface area contributed by atoms with Crippen molar-refractivity contribution < 1.29 is 24.1 Å². The van der Waals surface area contributed by atoms with Crippen LogP contribution in [0.4, 0.5) is 0 Å². The van der Waals surface area contributed by atoms with Gasteiger partial charge in [0.05, 0.1) is 21.3 Å². The van der Waals surface area contributed by atoms with Crippen LogP contribution in [0.15, 0.2) is 23.5 Å². The second kappa shape index (κ2) is 6.48. The van der Waals surface area contributed by atoms with Crippen LogP contribution in [0.25, 0.3) is 0 Å². The van der Waals surface area contributed by atoms with Crippen molar-refractivity contribution in [3.8, 4) is 23.3 Å². The van der Waals surface area contributed by atoms with E-state index in [1.807, 2.05) is 0 Å². The minimum atomic E-state index is -0.619. The molecule has 1 aromatic carbocycles. The second-order valence-electron chi connectivity index (χ2n) is 3.82. The summed E-state index contributed by atoms with van der Waals surface area (Å²) in [7, 11) is 4.29. The lowest BCUT2D eigenvalue weighted by Crippen LogP contribution is -2.06. The smallest absolute Gasteiger partial charge is 0.207 e. The molecule has 0 bridgehead atoms. The summed E-state index contributed by atoms with van der Waals surface area (Å²) in [5.41, 5.74) is -0.177. The fraction of sp³-hybridized carbons (Fsp3) is 0.286. The van der Waals surface area contributed by atoms with Gasteiger partial charge in [-0.1, -0.05) is 0 Å². The van der Waals surface area contributed by atoms with E-state index in [-0.39, 0.29) is 16.9 Å². The maximum absolute atomic E-state index is 12.2. The lowest BCUT2D eigenvalue weighted by atomic mass is 10.0. The molecule has 6 nitrogen and oxygen atoms in total. The summed E-state index contributed by atoms with van der Waals surface area (Å²) in [6.07, 6.45) is 0. The molecule has 0 fully saturated rings. The van der Waals surface area contributed by atoms with Gasteiger partial charge < -0.3 is 19.3 Å². The van der Waals surface area contributed by atoms with Crippen molar-refractivity contribution in [2.75, 3.05) is 21.3 Å². The Bertz CT molecular complexity index is 569. The predicted octanol–water partition coefficient (Wildman–Crippen LogP) is 2.25. The number of Topliss-reactive ketones (excluding diaryl/α,β-unsaturated/α-hetero) is 1. The average molecular weight is 277 g/mol. The first-order valence-electron chi connectivity index (χ1n) is 5.64. The van der Waals surface area contributed by atoms with E-state index in [2.05, 4.69) is 0 Å². The van der Waals surface area contributed by atoms with Crippen LogP contribution in [0, 0.1) is 11.3 Å². The van der Waals surface area contributed by atoms with Crippen molar-refractivity contribution in [1.82, 2.24) is 0 Å². The first-order valence-corrected chi connectivity index (χ1v) is 5.64. The van der Waals surface area contributed by atoms with E-state index in [1.165, 1.54) is 40.4 Å². The third-order valence-electron chi connectivity index (χ3n) is 2.63. The normalized spacial score (nSPS) is 11.2. The van der Waals surface area contributed by atoms with E-state index < -0.39 is 5.78 Å². The summed E-state index contributed by atoms with van der Waals surface area (Å²) in [4.78, 5) is 12.2. The van der Waals surface area contributed by atoms with E-state index in [1.54, 1.807) is 6.07 Å². The monoisotopic (exact) mass is 277 g/mol. The summed E-state index contributed by atoms with van der Waals surface area (Å²) in [6, 6.07) is 4.51. The van der Waals surface area contributed by atoms with Crippen LogP contribution in [-0.4, -0.2) is 32.2 Å². The molecule has 0 unspecified atom stereocenters. The molecule has 0 radical (unpaired) electrons. The van der Waals surface area contributed by atoms with Crippen molar-refractivity contribution in [3.63, 3.8) is 0 Å². The number of carbonyl (C=O) groups is 1. The molecule has 0 heterocycles. The quantitative estimate of drug-likeness (QED) is 0.384. The number of nitrogens with zero attached hydrogens (tertiary/aromatic N) is 1. The minimum Gasteiger partial charge on any atom is -0.511 e. The maximum Gasteiger partial charge on any atom is 0.207 e. The summed E-state index contributed by atoms with van der Waals surface area (Å²) >= 11 is 0. The lowest BCUT2D eigenvalue weighted by molar-refractivity contribution is 0.103. The second-order valence-corrected chi connectivity index (χ2v) is 3.82. The molecule has 0 amide bonds. The predicted molar refractivity (Wildman–Crippen MR) is 71.4 cm³/mol. The highest BCUT2D eigenvalue weighted by Crippen LogP contribution is 2.38. The van der Waals surface area contributed by atoms with Crippen LogP contribution >= 0.6 is 0 Å². The molecule has 0 aromatic heterocycles. The Balaban J connectivity index is 3.45. The topological polar surface area (TPSA) is 88.8 Å².